The van der Waals surface area contributed by atoms with Crippen LogP contribution < -0.4 is 14.2 Å². The van der Waals surface area contributed by atoms with E-state index < -0.39 is 10.0 Å². The molecular weight excluding hydrogens is 388 g/mol. The van der Waals surface area contributed by atoms with E-state index in [4.69, 9.17) is 21.1 Å². The Labute approximate surface area is 165 Å². The first kappa shape index (κ1) is 19.9. The molecule has 0 saturated carbocycles. The fraction of sp³-hybridized carbons (Fsp3) is 0.368. The third-order valence-corrected chi connectivity index (χ3v) is 6.15. The van der Waals surface area contributed by atoms with Crippen molar-refractivity contribution in [3.8, 4) is 11.5 Å². The summed E-state index contributed by atoms with van der Waals surface area (Å²) in [6.07, 6.45) is 0.761. The number of rotatable bonds is 6. The molecule has 0 amide bonds. The lowest BCUT2D eigenvalue weighted by atomic mass is 10.1. The topological polar surface area (TPSA) is 67.9 Å². The summed E-state index contributed by atoms with van der Waals surface area (Å²) < 4.78 is 39.4. The van der Waals surface area contributed by atoms with Crippen molar-refractivity contribution in [2.45, 2.75) is 17.4 Å². The molecule has 0 spiro atoms. The van der Waals surface area contributed by atoms with Crippen LogP contribution in [0.1, 0.15) is 18.0 Å². The quantitative estimate of drug-likeness (QED) is 0.792. The first-order valence-electron chi connectivity index (χ1n) is 8.68. The van der Waals surface area contributed by atoms with E-state index in [0.717, 1.165) is 12.0 Å². The number of sulfonamides is 1. The van der Waals surface area contributed by atoms with Crippen LogP contribution in [0.4, 0.5) is 0 Å². The molecule has 0 bridgehead atoms. The minimum Gasteiger partial charge on any atom is -0.490 e. The van der Waals surface area contributed by atoms with Gasteiger partial charge in [-0.1, -0.05) is 29.8 Å². The summed E-state index contributed by atoms with van der Waals surface area (Å²) in [6.45, 7) is 1.24. The molecule has 0 aliphatic carbocycles. The molecule has 1 N–H and O–H groups in total. The molecule has 0 saturated heterocycles. The highest BCUT2D eigenvalue weighted by molar-refractivity contribution is 7.89. The van der Waals surface area contributed by atoms with Crippen molar-refractivity contribution in [3.05, 3.63) is 53.1 Å². The molecule has 146 valence electrons. The predicted octanol–water partition coefficient (Wildman–Crippen LogP) is 3.08. The highest BCUT2D eigenvalue weighted by Crippen LogP contribution is 2.32. The Balaban J connectivity index is 1.79. The van der Waals surface area contributed by atoms with E-state index >= 15 is 0 Å². The molecule has 1 aliphatic rings. The van der Waals surface area contributed by atoms with Crippen LogP contribution in [0.15, 0.2) is 47.4 Å². The van der Waals surface area contributed by atoms with Crippen LogP contribution in [0.5, 0.6) is 11.5 Å². The van der Waals surface area contributed by atoms with E-state index in [0.29, 0.717) is 29.7 Å². The van der Waals surface area contributed by atoms with Crippen molar-refractivity contribution in [3.63, 3.8) is 0 Å². The molecule has 0 aromatic heterocycles. The molecule has 27 heavy (non-hydrogen) atoms. The Morgan fingerprint density at radius 3 is 2.52 bits per heavy atom. The van der Waals surface area contributed by atoms with Crippen LogP contribution in [-0.4, -0.2) is 47.2 Å². The number of fused-ring (bicyclic) bond motifs is 1. The number of nitrogens with zero attached hydrogens (tertiary/aromatic N) is 1. The van der Waals surface area contributed by atoms with Gasteiger partial charge in [-0.25, -0.2) is 13.1 Å². The fourth-order valence-corrected chi connectivity index (χ4v) is 4.21. The summed E-state index contributed by atoms with van der Waals surface area (Å²) in [4.78, 5) is 2.07. The SMILES string of the molecule is CN(C)[C@H](CNS(=O)(=O)c1ccc2c(c1)OCCCO2)c1ccccc1Cl. The van der Waals surface area contributed by atoms with Gasteiger partial charge in [0.15, 0.2) is 11.5 Å². The number of benzene rings is 2. The summed E-state index contributed by atoms with van der Waals surface area (Å²) in [6, 6.07) is 11.9. The third kappa shape index (κ3) is 4.73. The lowest BCUT2D eigenvalue weighted by molar-refractivity contribution is 0.296. The maximum absolute atomic E-state index is 12.8. The molecule has 1 atom stereocenters. The molecule has 0 radical (unpaired) electrons. The van der Waals surface area contributed by atoms with Gasteiger partial charge in [0.2, 0.25) is 10.0 Å². The summed E-state index contributed by atoms with van der Waals surface area (Å²) in [7, 11) is 0.0592. The van der Waals surface area contributed by atoms with Gasteiger partial charge in [-0.2, -0.15) is 0 Å². The maximum Gasteiger partial charge on any atom is 0.240 e. The Kier molecular flexibility index (Phi) is 6.26. The van der Waals surface area contributed by atoms with Gasteiger partial charge in [-0.05, 0) is 37.9 Å². The average Bonchev–Trinajstić information content (AvgIpc) is 2.87. The summed E-state index contributed by atoms with van der Waals surface area (Å²) in [5.41, 5.74) is 0.866. The van der Waals surface area contributed by atoms with Crippen molar-refractivity contribution < 1.29 is 17.9 Å². The number of halogens is 1. The van der Waals surface area contributed by atoms with Crippen LogP contribution in [0.25, 0.3) is 0 Å². The van der Waals surface area contributed by atoms with Gasteiger partial charge in [0, 0.05) is 30.1 Å². The van der Waals surface area contributed by atoms with Crippen molar-refractivity contribution in [2.24, 2.45) is 0 Å². The van der Waals surface area contributed by atoms with Crippen LogP contribution in [0.3, 0.4) is 0 Å². The molecular formula is C19H23ClN2O4S. The van der Waals surface area contributed by atoms with Gasteiger partial charge in [0.25, 0.3) is 0 Å². The van der Waals surface area contributed by atoms with Gasteiger partial charge < -0.3 is 14.4 Å². The minimum absolute atomic E-state index is 0.142. The Hall–Kier alpha value is -1.80. The van der Waals surface area contributed by atoms with Gasteiger partial charge in [-0.15, -0.1) is 0 Å². The summed E-state index contributed by atoms with van der Waals surface area (Å²) in [5.74, 6) is 1.01. The largest absolute Gasteiger partial charge is 0.490 e. The molecule has 1 heterocycles. The maximum atomic E-state index is 12.8. The Morgan fingerprint density at radius 1 is 1.11 bits per heavy atom. The van der Waals surface area contributed by atoms with E-state index in [-0.39, 0.29) is 17.5 Å². The summed E-state index contributed by atoms with van der Waals surface area (Å²) in [5, 5.41) is 0.603. The number of hydrogen-bond acceptors (Lipinski definition) is 5. The molecule has 8 heteroatoms. The molecule has 2 aromatic carbocycles. The first-order valence-corrected chi connectivity index (χ1v) is 10.5. The lowest BCUT2D eigenvalue weighted by Crippen LogP contribution is -2.34. The van der Waals surface area contributed by atoms with E-state index in [2.05, 4.69) is 4.72 Å². The van der Waals surface area contributed by atoms with Crippen molar-refractivity contribution >= 4 is 21.6 Å². The predicted molar refractivity (Wildman–Crippen MR) is 105 cm³/mol. The second kappa shape index (κ2) is 8.48. The molecule has 6 nitrogen and oxygen atoms in total. The number of ether oxygens (including phenoxy) is 2. The smallest absolute Gasteiger partial charge is 0.240 e. The second-order valence-corrected chi connectivity index (χ2v) is 8.69. The number of hydrogen-bond donors (Lipinski definition) is 1. The zero-order chi connectivity index (χ0) is 19.4. The molecule has 3 rings (SSSR count). The van der Waals surface area contributed by atoms with Crippen LogP contribution in [0.2, 0.25) is 5.02 Å². The van der Waals surface area contributed by atoms with Crippen molar-refractivity contribution in [1.82, 2.24) is 9.62 Å². The van der Waals surface area contributed by atoms with Gasteiger partial charge in [-0.3, -0.25) is 0 Å². The zero-order valence-electron chi connectivity index (χ0n) is 15.3. The molecule has 2 aromatic rings. The minimum atomic E-state index is -3.71. The van der Waals surface area contributed by atoms with Crippen LogP contribution >= 0.6 is 11.6 Å². The van der Waals surface area contributed by atoms with E-state index in [1.165, 1.54) is 12.1 Å². The monoisotopic (exact) mass is 410 g/mol. The number of likely N-dealkylation sites (N-methyl/N-ethyl adjacent to an activating group) is 1. The fourth-order valence-electron chi connectivity index (χ4n) is 2.90. The van der Waals surface area contributed by atoms with E-state index in [1.54, 1.807) is 12.1 Å². The standard InChI is InChI=1S/C19H23ClN2O4S/c1-22(2)17(15-6-3-4-7-16(15)20)13-21-27(23,24)14-8-9-18-19(12-14)26-11-5-10-25-18/h3-4,6-9,12,17,21H,5,10-11,13H2,1-2H3/t17-/m1/s1. The normalized spacial score (nSPS) is 15.4. The van der Waals surface area contributed by atoms with E-state index in [9.17, 15) is 8.42 Å². The Bertz CT molecular complexity index is 902. The van der Waals surface area contributed by atoms with Gasteiger partial charge >= 0.3 is 0 Å². The number of nitrogens with one attached hydrogen (secondary N) is 1. The lowest BCUT2D eigenvalue weighted by Gasteiger charge is -2.26. The zero-order valence-corrected chi connectivity index (χ0v) is 16.9. The first-order chi connectivity index (χ1) is 12.9. The van der Waals surface area contributed by atoms with Crippen LogP contribution in [-0.2, 0) is 10.0 Å². The highest BCUT2D eigenvalue weighted by Gasteiger charge is 2.23. The average molecular weight is 411 g/mol. The second-order valence-electron chi connectivity index (χ2n) is 6.51. The van der Waals surface area contributed by atoms with Gasteiger partial charge in [0.1, 0.15) is 0 Å². The summed E-state index contributed by atoms with van der Waals surface area (Å²) >= 11 is 6.29. The van der Waals surface area contributed by atoms with Crippen molar-refractivity contribution in [2.75, 3.05) is 33.9 Å². The van der Waals surface area contributed by atoms with Crippen molar-refractivity contribution in [1.29, 1.82) is 0 Å². The molecule has 0 fully saturated rings. The molecule has 1 aliphatic heterocycles. The highest BCUT2D eigenvalue weighted by atomic mass is 35.5. The molecule has 0 unspecified atom stereocenters. The van der Waals surface area contributed by atoms with Gasteiger partial charge in [0.05, 0.1) is 18.1 Å². The Morgan fingerprint density at radius 2 is 1.81 bits per heavy atom. The van der Waals surface area contributed by atoms with E-state index in [1.807, 2.05) is 37.2 Å². The van der Waals surface area contributed by atoms with Crippen LogP contribution in [0, 0.1) is 0 Å². The third-order valence-electron chi connectivity index (χ3n) is 4.38.